The van der Waals surface area contributed by atoms with E-state index >= 15 is 0 Å². The summed E-state index contributed by atoms with van der Waals surface area (Å²) in [6.45, 7) is -2.92. The third kappa shape index (κ3) is 3.21. The summed E-state index contributed by atoms with van der Waals surface area (Å²) < 4.78 is 29.5. The zero-order valence-corrected chi connectivity index (χ0v) is 13.8. The molecule has 0 radical (unpaired) electrons. The van der Waals surface area contributed by atoms with Crippen LogP contribution in [0.25, 0.3) is 10.1 Å². The smallest absolute Gasteiger partial charge is 0.387 e. The summed E-state index contributed by atoms with van der Waals surface area (Å²) >= 11 is 7.34. The molecule has 3 rings (SSSR count). The van der Waals surface area contributed by atoms with Crippen molar-refractivity contribution >= 4 is 38.9 Å². The lowest BCUT2D eigenvalue weighted by Gasteiger charge is -2.05. The highest BCUT2D eigenvalue weighted by molar-refractivity contribution is 7.21. The van der Waals surface area contributed by atoms with Crippen LogP contribution >= 0.6 is 22.9 Å². The van der Waals surface area contributed by atoms with E-state index in [1.165, 1.54) is 18.2 Å². The number of rotatable bonds is 4. The highest BCUT2D eigenvalue weighted by Gasteiger charge is 2.22. The minimum atomic E-state index is -2.92. The van der Waals surface area contributed by atoms with Crippen molar-refractivity contribution in [2.45, 2.75) is 25.9 Å². The average molecular weight is 369 g/mol. The molecule has 1 aromatic carbocycles. The molecule has 0 saturated heterocycles. The Kier molecular flexibility index (Phi) is 4.69. The van der Waals surface area contributed by atoms with Crippen LogP contribution in [0.15, 0.2) is 29.5 Å². The molecule has 0 bridgehead atoms. The van der Waals surface area contributed by atoms with Crippen LogP contribution in [-0.4, -0.2) is 12.5 Å². The Labute approximate surface area is 145 Å². The number of alkyl halides is 2. The fraction of sp³-hybridized carbons (Fsp3) is 0.250. The molecule has 8 heteroatoms. The Balaban J connectivity index is 1.90. The van der Waals surface area contributed by atoms with Gasteiger partial charge in [0.1, 0.15) is 10.6 Å². The van der Waals surface area contributed by atoms with E-state index in [1.54, 1.807) is 0 Å². The van der Waals surface area contributed by atoms with Gasteiger partial charge >= 0.3 is 6.61 Å². The molecular weight excluding hydrogens is 358 g/mol. The summed E-state index contributed by atoms with van der Waals surface area (Å²) in [6.07, 6.45) is 2.12. The van der Waals surface area contributed by atoms with Crippen LogP contribution in [0.4, 0.5) is 8.78 Å². The molecule has 1 aliphatic carbocycles. The number of fused-ring (bicyclic) bond motifs is 1. The minimum absolute atomic E-state index is 0.00708. The van der Waals surface area contributed by atoms with E-state index in [4.69, 9.17) is 16.9 Å². The zero-order valence-electron chi connectivity index (χ0n) is 12.2. The Morgan fingerprint density at radius 1 is 1.42 bits per heavy atom. The largest absolute Gasteiger partial charge is 0.435 e. The van der Waals surface area contributed by atoms with Gasteiger partial charge in [0.05, 0.1) is 11.1 Å². The van der Waals surface area contributed by atoms with Crippen molar-refractivity contribution in [3.05, 3.63) is 39.4 Å². The monoisotopic (exact) mass is 368 g/mol. The van der Waals surface area contributed by atoms with Gasteiger partial charge in [-0.1, -0.05) is 11.6 Å². The van der Waals surface area contributed by atoms with Crippen LogP contribution in [0.2, 0.25) is 5.02 Å². The molecule has 0 spiro atoms. The first-order valence-corrected chi connectivity index (χ1v) is 8.29. The second-order valence-electron chi connectivity index (χ2n) is 5.16. The summed E-state index contributed by atoms with van der Waals surface area (Å²) in [4.78, 5) is 12.7. The summed E-state index contributed by atoms with van der Waals surface area (Å²) in [5, 5.41) is 12.6. The van der Waals surface area contributed by atoms with Gasteiger partial charge in [0, 0.05) is 21.4 Å². The number of halogens is 3. The quantitative estimate of drug-likeness (QED) is 0.839. The van der Waals surface area contributed by atoms with Crippen LogP contribution in [-0.2, 0) is 0 Å². The third-order valence-corrected chi connectivity index (χ3v) is 5.31. The molecule has 1 amide bonds. The predicted octanol–water partition coefficient (Wildman–Crippen LogP) is 4.85. The van der Waals surface area contributed by atoms with Gasteiger partial charge < -0.3 is 10.1 Å². The molecule has 0 aliphatic heterocycles. The number of nitriles is 1. The molecular formula is C16H11ClF2N2O2S. The topological polar surface area (TPSA) is 62.1 Å². The maximum absolute atomic E-state index is 12.4. The number of nitrogens with zero attached hydrogens (tertiary/aromatic N) is 1. The number of carbonyl (C=O) groups is 1. The van der Waals surface area contributed by atoms with Gasteiger partial charge in [-0.05, 0) is 37.5 Å². The lowest BCUT2D eigenvalue weighted by molar-refractivity contribution is -0.0497. The summed E-state index contributed by atoms with van der Waals surface area (Å²) in [7, 11) is 0. The number of carbonyl (C=O) groups excluding carboxylic acids is 1. The molecule has 1 N–H and O–H groups in total. The van der Waals surface area contributed by atoms with Crippen LogP contribution in [0.3, 0.4) is 0 Å². The van der Waals surface area contributed by atoms with E-state index in [2.05, 4.69) is 16.1 Å². The molecule has 4 nitrogen and oxygen atoms in total. The van der Waals surface area contributed by atoms with E-state index in [9.17, 15) is 13.6 Å². The van der Waals surface area contributed by atoms with Crippen LogP contribution < -0.4 is 10.1 Å². The SMILES string of the molecule is N#CC1=C(NC(=O)c2sc3cc(OC(F)F)ccc3c2Cl)CCC1. The summed E-state index contributed by atoms with van der Waals surface area (Å²) in [5.41, 5.74) is 1.20. The van der Waals surface area contributed by atoms with E-state index in [1.807, 2.05) is 0 Å². The van der Waals surface area contributed by atoms with E-state index in [-0.39, 0.29) is 15.6 Å². The summed E-state index contributed by atoms with van der Waals surface area (Å²) in [6, 6.07) is 6.42. The Morgan fingerprint density at radius 2 is 2.21 bits per heavy atom. The maximum Gasteiger partial charge on any atom is 0.387 e. The predicted molar refractivity (Wildman–Crippen MR) is 87.4 cm³/mol. The van der Waals surface area contributed by atoms with E-state index in [0.29, 0.717) is 34.2 Å². The van der Waals surface area contributed by atoms with Crippen molar-refractivity contribution in [1.29, 1.82) is 5.26 Å². The second kappa shape index (κ2) is 6.75. The minimum Gasteiger partial charge on any atom is -0.435 e. The number of ether oxygens (including phenoxy) is 1. The van der Waals surface area contributed by atoms with Crippen molar-refractivity contribution < 1.29 is 18.3 Å². The first-order valence-electron chi connectivity index (χ1n) is 7.10. The van der Waals surface area contributed by atoms with Crippen LogP contribution in [0.1, 0.15) is 28.9 Å². The molecule has 1 heterocycles. The number of nitrogens with one attached hydrogen (secondary N) is 1. The first-order chi connectivity index (χ1) is 11.5. The van der Waals surface area contributed by atoms with Crippen molar-refractivity contribution in [2.75, 3.05) is 0 Å². The normalized spacial score (nSPS) is 14.3. The highest BCUT2D eigenvalue weighted by atomic mass is 35.5. The van der Waals surface area contributed by atoms with Gasteiger partial charge in [0.15, 0.2) is 0 Å². The standard InChI is InChI=1S/C16H11ClF2N2O2S/c17-13-10-5-4-9(23-16(18)19)6-12(10)24-14(13)15(22)21-11-3-1-2-8(11)7-20/h4-6,16H,1-3H2,(H,21,22). The number of thiophene rings is 1. The zero-order chi connectivity index (χ0) is 17.3. The van der Waals surface area contributed by atoms with Crippen molar-refractivity contribution in [1.82, 2.24) is 5.32 Å². The Bertz CT molecular complexity index is 886. The molecule has 0 fully saturated rings. The van der Waals surface area contributed by atoms with Crippen molar-refractivity contribution in [3.8, 4) is 11.8 Å². The maximum atomic E-state index is 12.4. The Hall–Kier alpha value is -2.17. The number of hydrogen-bond acceptors (Lipinski definition) is 4. The number of allylic oxidation sites excluding steroid dienone is 2. The van der Waals surface area contributed by atoms with Crippen LogP contribution in [0.5, 0.6) is 5.75 Å². The molecule has 0 atom stereocenters. The van der Waals surface area contributed by atoms with Gasteiger partial charge in [-0.3, -0.25) is 4.79 Å². The second-order valence-corrected chi connectivity index (χ2v) is 6.59. The molecule has 24 heavy (non-hydrogen) atoms. The van der Waals surface area contributed by atoms with E-state index < -0.39 is 12.5 Å². The molecule has 1 aromatic heterocycles. The third-order valence-electron chi connectivity index (χ3n) is 3.65. The lowest BCUT2D eigenvalue weighted by atomic mass is 10.2. The fourth-order valence-electron chi connectivity index (χ4n) is 2.57. The van der Waals surface area contributed by atoms with Gasteiger partial charge in [-0.25, -0.2) is 0 Å². The lowest BCUT2D eigenvalue weighted by Crippen LogP contribution is -2.21. The number of amides is 1. The average Bonchev–Trinajstić information content (AvgIpc) is 3.11. The first kappa shape index (κ1) is 16.7. The molecule has 124 valence electrons. The van der Waals surface area contributed by atoms with Crippen molar-refractivity contribution in [2.24, 2.45) is 0 Å². The molecule has 0 saturated carbocycles. The van der Waals surface area contributed by atoms with Gasteiger partial charge in [0.25, 0.3) is 5.91 Å². The van der Waals surface area contributed by atoms with Gasteiger partial charge in [-0.15, -0.1) is 11.3 Å². The van der Waals surface area contributed by atoms with Crippen LogP contribution in [0, 0.1) is 11.3 Å². The molecule has 0 unspecified atom stereocenters. The van der Waals surface area contributed by atoms with Gasteiger partial charge in [0.2, 0.25) is 0 Å². The highest BCUT2D eigenvalue weighted by Crippen LogP contribution is 2.38. The molecule has 2 aromatic rings. The fourth-order valence-corrected chi connectivity index (χ4v) is 4.01. The van der Waals surface area contributed by atoms with E-state index in [0.717, 1.165) is 17.8 Å². The number of hydrogen-bond donors (Lipinski definition) is 1. The Morgan fingerprint density at radius 3 is 2.92 bits per heavy atom. The summed E-state index contributed by atoms with van der Waals surface area (Å²) in [5.74, 6) is -0.394. The van der Waals surface area contributed by atoms with Crippen molar-refractivity contribution in [3.63, 3.8) is 0 Å². The number of benzene rings is 1. The molecule has 1 aliphatic rings. The van der Waals surface area contributed by atoms with Gasteiger partial charge in [-0.2, -0.15) is 14.0 Å².